The van der Waals surface area contributed by atoms with E-state index in [0.29, 0.717) is 17.8 Å². The predicted molar refractivity (Wildman–Crippen MR) is 108 cm³/mol. The fraction of sp³-hybridized carbons (Fsp3) is 0.696. The lowest BCUT2D eigenvalue weighted by molar-refractivity contribution is -0.137. The lowest BCUT2D eigenvalue weighted by Crippen LogP contribution is -2.54. The first-order valence-electron chi connectivity index (χ1n) is 10.8. The highest BCUT2D eigenvalue weighted by Crippen LogP contribution is 2.65. The number of anilines is 1. The summed E-state index contributed by atoms with van der Waals surface area (Å²) in [5, 5.41) is 0. The Hall–Kier alpha value is -1.55. The van der Waals surface area contributed by atoms with Crippen LogP contribution >= 0.6 is 0 Å². The number of benzene rings is 1. The van der Waals surface area contributed by atoms with Crippen molar-refractivity contribution in [2.75, 3.05) is 39.0 Å². The molecule has 1 aliphatic heterocycles. The lowest BCUT2D eigenvalue weighted by Gasteiger charge is -2.43. The standard InChI is InChI=1S/C23H33N3O/c1-25(15-23-10-16-6-17(11-23)8-20(23)7-16)12-18-13-26(14-18)22(27)9-19-4-2-3-5-21(19)24/h2-5,16-18,20H,6-15,24H2,1H3. The third-order valence-corrected chi connectivity index (χ3v) is 8.02. The third-order valence-electron chi connectivity index (χ3n) is 8.02. The fourth-order valence-corrected chi connectivity index (χ4v) is 7.12. The first-order chi connectivity index (χ1) is 13.0. The molecule has 1 aromatic rings. The van der Waals surface area contributed by atoms with Gasteiger partial charge >= 0.3 is 0 Å². The molecule has 2 unspecified atom stereocenters. The van der Waals surface area contributed by atoms with Crippen LogP contribution in [0.3, 0.4) is 0 Å². The van der Waals surface area contributed by atoms with Gasteiger partial charge in [-0.1, -0.05) is 18.2 Å². The highest BCUT2D eigenvalue weighted by atomic mass is 16.2. The number of carbonyl (C=O) groups is 1. The average Bonchev–Trinajstić information content (AvgIpc) is 2.96. The largest absolute Gasteiger partial charge is 0.398 e. The summed E-state index contributed by atoms with van der Waals surface area (Å²) in [5.74, 6) is 3.95. The maximum atomic E-state index is 12.5. The van der Waals surface area contributed by atoms with Gasteiger partial charge in [0.05, 0.1) is 6.42 Å². The van der Waals surface area contributed by atoms with Gasteiger partial charge in [0.1, 0.15) is 0 Å². The number of hydrogen-bond donors (Lipinski definition) is 1. The SMILES string of the molecule is CN(CC1CN(C(=O)Cc2ccccc2N)C1)CC12CC3CC(CC1C3)C2. The first kappa shape index (κ1) is 17.5. The van der Waals surface area contributed by atoms with Crippen LogP contribution in [0.2, 0.25) is 0 Å². The number of amides is 1. The number of para-hydroxylation sites is 1. The molecule has 1 heterocycles. The molecule has 5 fully saturated rings. The second-order valence-electron chi connectivity index (χ2n) is 10.1. The Morgan fingerprint density at radius 1 is 1.19 bits per heavy atom. The van der Waals surface area contributed by atoms with Crippen LogP contribution in [0.15, 0.2) is 24.3 Å². The van der Waals surface area contributed by atoms with Crippen molar-refractivity contribution >= 4 is 11.6 Å². The third kappa shape index (κ3) is 3.16. The molecule has 146 valence electrons. The van der Waals surface area contributed by atoms with Crippen molar-refractivity contribution in [3.63, 3.8) is 0 Å². The smallest absolute Gasteiger partial charge is 0.227 e. The van der Waals surface area contributed by atoms with E-state index in [9.17, 15) is 4.79 Å². The first-order valence-corrected chi connectivity index (χ1v) is 10.8. The number of nitrogen functional groups attached to an aromatic ring is 1. The van der Waals surface area contributed by atoms with E-state index in [1.807, 2.05) is 29.2 Å². The highest BCUT2D eigenvalue weighted by Gasteiger charge is 2.57. The van der Waals surface area contributed by atoms with Crippen molar-refractivity contribution in [3.05, 3.63) is 29.8 Å². The number of carbonyl (C=O) groups excluding carboxylic acids is 1. The van der Waals surface area contributed by atoms with Gasteiger partial charge in [-0.3, -0.25) is 4.79 Å². The van der Waals surface area contributed by atoms with Crippen molar-refractivity contribution in [3.8, 4) is 0 Å². The Balaban J connectivity index is 1.09. The second-order valence-corrected chi connectivity index (χ2v) is 10.1. The molecular formula is C23H33N3O. The summed E-state index contributed by atoms with van der Waals surface area (Å²) in [5.41, 5.74) is 8.30. The Morgan fingerprint density at radius 2 is 1.89 bits per heavy atom. The van der Waals surface area contributed by atoms with Gasteiger partial charge in [0, 0.05) is 37.8 Å². The highest BCUT2D eigenvalue weighted by molar-refractivity contribution is 5.81. The van der Waals surface area contributed by atoms with Crippen molar-refractivity contribution < 1.29 is 4.79 Å². The monoisotopic (exact) mass is 367 g/mol. The van der Waals surface area contributed by atoms with E-state index in [1.165, 1.54) is 38.6 Å². The molecule has 0 spiro atoms. The average molecular weight is 368 g/mol. The van der Waals surface area contributed by atoms with Crippen LogP contribution in [-0.2, 0) is 11.2 Å². The Labute approximate surface area is 163 Å². The van der Waals surface area contributed by atoms with Crippen LogP contribution in [0, 0.1) is 29.1 Å². The van der Waals surface area contributed by atoms with Gasteiger partial charge in [0.15, 0.2) is 0 Å². The molecule has 5 aliphatic rings. The molecule has 4 saturated carbocycles. The van der Waals surface area contributed by atoms with Crippen molar-refractivity contribution in [1.82, 2.24) is 9.80 Å². The van der Waals surface area contributed by atoms with Crippen LogP contribution in [0.4, 0.5) is 5.69 Å². The van der Waals surface area contributed by atoms with E-state index in [2.05, 4.69) is 11.9 Å². The number of nitrogens with two attached hydrogens (primary N) is 1. The molecule has 1 amide bonds. The van der Waals surface area contributed by atoms with Gasteiger partial charge < -0.3 is 15.5 Å². The zero-order valence-electron chi connectivity index (χ0n) is 16.6. The molecule has 4 bridgehead atoms. The van der Waals surface area contributed by atoms with E-state index in [0.717, 1.165) is 48.6 Å². The maximum Gasteiger partial charge on any atom is 0.227 e. The van der Waals surface area contributed by atoms with E-state index in [1.54, 1.807) is 0 Å². The van der Waals surface area contributed by atoms with E-state index < -0.39 is 0 Å². The number of rotatable bonds is 6. The van der Waals surface area contributed by atoms with Gasteiger partial charge in [-0.15, -0.1) is 0 Å². The zero-order valence-corrected chi connectivity index (χ0v) is 16.6. The summed E-state index contributed by atoms with van der Waals surface area (Å²) in [6.07, 6.45) is 7.96. The molecule has 6 rings (SSSR count). The molecule has 1 saturated heterocycles. The summed E-state index contributed by atoms with van der Waals surface area (Å²) in [6, 6.07) is 7.71. The van der Waals surface area contributed by atoms with Gasteiger partial charge in [-0.2, -0.15) is 0 Å². The van der Waals surface area contributed by atoms with Crippen LogP contribution < -0.4 is 5.73 Å². The lowest BCUT2D eigenvalue weighted by atomic mass is 9.75. The molecule has 4 aliphatic carbocycles. The van der Waals surface area contributed by atoms with Crippen LogP contribution in [0.5, 0.6) is 0 Å². The fourth-order valence-electron chi connectivity index (χ4n) is 7.12. The molecule has 2 N–H and O–H groups in total. The number of likely N-dealkylation sites (tertiary alicyclic amines) is 1. The summed E-state index contributed by atoms with van der Waals surface area (Å²) in [6.45, 7) is 4.26. The quantitative estimate of drug-likeness (QED) is 0.786. The Bertz CT molecular complexity index is 712. The van der Waals surface area contributed by atoms with E-state index in [-0.39, 0.29) is 5.91 Å². The minimum absolute atomic E-state index is 0.220. The molecule has 0 radical (unpaired) electrons. The second kappa shape index (κ2) is 6.51. The zero-order chi connectivity index (χ0) is 18.6. The normalized spacial score (nSPS) is 34.4. The Morgan fingerprint density at radius 3 is 2.59 bits per heavy atom. The maximum absolute atomic E-state index is 12.5. The summed E-state index contributed by atoms with van der Waals surface area (Å²) < 4.78 is 0. The molecule has 2 atom stereocenters. The Kier molecular flexibility index (Phi) is 4.23. The minimum Gasteiger partial charge on any atom is -0.398 e. The van der Waals surface area contributed by atoms with Gasteiger partial charge in [-0.05, 0) is 74.0 Å². The van der Waals surface area contributed by atoms with E-state index >= 15 is 0 Å². The van der Waals surface area contributed by atoms with Crippen molar-refractivity contribution in [1.29, 1.82) is 0 Å². The van der Waals surface area contributed by atoms with Gasteiger partial charge in [0.2, 0.25) is 5.91 Å². The van der Waals surface area contributed by atoms with Gasteiger partial charge in [0.25, 0.3) is 0 Å². The van der Waals surface area contributed by atoms with E-state index in [4.69, 9.17) is 5.73 Å². The summed E-state index contributed by atoms with van der Waals surface area (Å²) in [4.78, 5) is 17.1. The van der Waals surface area contributed by atoms with Gasteiger partial charge in [-0.25, -0.2) is 0 Å². The molecule has 0 aromatic heterocycles. The van der Waals surface area contributed by atoms with Crippen LogP contribution in [0.1, 0.15) is 37.7 Å². The number of hydrogen-bond acceptors (Lipinski definition) is 3. The molecule has 4 heteroatoms. The van der Waals surface area contributed by atoms with Crippen molar-refractivity contribution in [2.45, 2.75) is 38.5 Å². The number of nitrogens with zero attached hydrogens (tertiary/aromatic N) is 2. The molecule has 1 aromatic carbocycles. The molecular weight excluding hydrogens is 334 g/mol. The summed E-state index contributed by atoms with van der Waals surface area (Å²) in [7, 11) is 2.31. The molecule has 4 nitrogen and oxygen atoms in total. The summed E-state index contributed by atoms with van der Waals surface area (Å²) >= 11 is 0. The topological polar surface area (TPSA) is 49.6 Å². The minimum atomic E-state index is 0.220. The van der Waals surface area contributed by atoms with Crippen LogP contribution in [0.25, 0.3) is 0 Å². The molecule has 27 heavy (non-hydrogen) atoms. The van der Waals surface area contributed by atoms with Crippen molar-refractivity contribution in [2.24, 2.45) is 29.1 Å². The van der Waals surface area contributed by atoms with Crippen LogP contribution in [-0.4, -0.2) is 48.9 Å². The predicted octanol–water partition coefficient (Wildman–Crippen LogP) is 3.03.